The number of rotatable bonds is 8. The molecule has 10 nitrogen and oxygen atoms in total. The molecule has 1 aliphatic rings. The van der Waals surface area contributed by atoms with E-state index in [1.807, 2.05) is 35.9 Å². The third kappa shape index (κ3) is 4.92. The number of aliphatic hydroxyl groups is 1. The molecule has 0 bridgehead atoms. The summed E-state index contributed by atoms with van der Waals surface area (Å²) in [6.07, 6.45) is 2.87. The van der Waals surface area contributed by atoms with Crippen molar-refractivity contribution >= 4 is 36.2 Å². The van der Waals surface area contributed by atoms with Crippen molar-refractivity contribution in [3.8, 4) is 11.4 Å². The number of benzene rings is 1. The first-order chi connectivity index (χ1) is 16.5. The summed E-state index contributed by atoms with van der Waals surface area (Å²) >= 11 is 0. The molecule has 1 saturated heterocycles. The van der Waals surface area contributed by atoms with E-state index in [2.05, 4.69) is 21.6 Å². The van der Waals surface area contributed by atoms with Crippen molar-refractivity contribution in [1.82, 2.24) is 19.5 Å². The topological polar surface area (TPSA) is 118 Å². The number of aliphatic hydroxyl groups excluding tert-OH is 1. The van der Waals surface area contributed by atoms with Crippen LogP contribution in [0.4, 0.5) is 5.82 Å². The molecule has 1 unspecified atom stereocenters. The van der Waals surface area contributed by atoms with Gasteiger partial charge in [-0.05, 0) is 25.3 Å². The van der Waals surface area contributed by atoms with Crippen molar-refractivity contribution in [2.45, 2.75) is 19.6 Å². The first kappa shape index (κ1) is 23.4. The van der Waals surface area contributed by atoms with Crippen LogP contribution in [0.15, 0.2) is 46.0 Å². The number of imidazole rings is 1. The molecule has 34 heavy (non-hydrogen) atoms. The second-order valence-electron chi connectivity index (χ2n) is 7.93. The molecule has 2 aromatic heterocycles. The number of aldehydes is 1. The lowest BCUT2D eigenvalue weighted by Gasteiger charge is -2.28. The van der Waals surface area contributed by atoms with Gasteiger partial charge in [-0.2, -0.15) is 0 Å². The van der Waals surface area contributed by atoms with E-state index < -0.39 is 6.10 Å². The molecule has 1 aliphatic heterocycles. The maximum Gasteiger partial charge on any atom is 0.166 e. The molecule has 0 amide bonds. The van der Waals surface area contributed by atoms with E-state index in [0.29, 0.717) is 61.0 Å². The van der Waals surface area contributed by atoms with E-state index in [0.717, 1.165) is 16.9 Å². The highest BCUT2D eigenvalue weighted by molar-refractivity contribution is 6.01. The molecule has 1 aromatic carbocycles. The van der Waals surface area contributed by atoms with Crippen molar-refractivity contribution in [2.24, 2.45) is 17.0 Å². The molecule has 10 heteroatoms. The van der Waals surface area contributed by atoms with Gasteiger partial charge < -0.3 is 19.3 Å². The SMILES string of the molecule is C=N/C=C(/C=O)C=NCc1nc2c(N3CCOCC3)nc(-c3cccc(C(C)O)c3)nc2n1C. The fraction of sp³-hybridized carbons (Fsp3) is 0.333. The Morgan fingerprint density at radius 1 is 1.29 bits per heavy atom. The van der Waals surface area contributed by atoms with Gasteiger partial charge in [0.25, 0.3) is 0 Å². The second kappa shape index (κ2) is 10.4. The molecule has 0 aliphatic carbocycles. The monoisotopic (exact) mass is 461 g/mol. The summed E-state index contributed by atoms with van der Waals surface area (Å²) in [6, 6.07) is 7.59. The van der Waals surface area contributed by atoms with Crippen LogP contribution in [0.25, 0.3) is 22.6 Å². The van der Waals surface area contributed by atoms with E-state index in [-0.39, 0.29) is 6.54 Å². The Morgan fingerprint density at radius 2 is 2.09 bits per heavy atom. The van der Waals surface area contributed by atoms with Gasteiger partial charge in [0.2, 0.25) is 0 Å². The number of allylic oxidation sites excluding steroid dienone is 1. The predicted molar refractivity (Wildman–Crippen MR) is 131 cm³/mol. The molecule has 4 rings (SSSR count). The number of morpholine rings is 1. The minimum absolute atomic E-state index is 0.255. The molecule has 0 saturated carbocycles. The van der Waals surface area contributed by atoms with Crippen LogP contribution in [0.5, 0.6) is 0 Å². The van der Waals surface area contributed by atoms with E-state index in [9.17, 15) is 9.90 Å². The third-order valence-electron chi connectivity index (χ3n) is 5.58. The first-order valence-electron chi connectivity index (χ1n) is 11.0. The van der Waals surface area contributed by atoms with Crippen molar-refractivity contribution < 1.29 is 14.6 Å². The maximum absolute atomic E-state index is 11.1. The molecule has 1 fully saturated rings. The lowest BCUT2D eigenvalue weighted by atomic mass is 10.1. The molecular weight excluding hydrogens is 434 g/mol. The van der Waals surface area contributed by atoms with Gasteiger partial charge in [0.05, 0.1) is 31.4 Å². The summed E-state index contributed by atoms with van der Waals surface area (Å²) in [4.78, 5) is 35.7. The fourth-order valence-electron chi connectivity index (χ4n) is 3.73. The lowest BCUT2D eigenvalue weighted by Crippen LogP contribution is -2.37. The zero-order chi connectivity index (χ0) is 24.1. The summed E-state index contributed by atoms with van der Waals surface area (Å²) in [5.41, 5.74) is 3.29. The summed E-state index contributed by atoms with van der Waals surface area (Å²) in [5, 5.41) is 10.0. The zero-order valence-corrected chi connectivity index (χ0v) is 19.3. The zero-order valence-electron chi connectivity index (χ0n) is 19.3. The van der Waals surface area contributed by atoms with E-state index in [1.165, 1.54) is 12.4 Å². The lowest BCUT2D eigenvalue weighted by molar-refractivity contribution is -0.104. The van der Waals surface area contributed by atoms with Crippen molar-refractivity contribution in [3.63, 3.8) is 0 Å². The average Bonchev–Trinajstić information content (AvgIpc) is 3.18. The first-order valence-corrected chi connectivity index (χ1v) is 11.0. The van der Waals surface area contributed by atoms with Crippen LogP contribution in [0.2, 0.25) is 0 Å². The van der Waals surface area contributed by atoms with Crippen LogP contribution in [-0.4, -0.2) is 70.1 Å². The Hall–Kier alpha value is -3.76. The number of hydrogen-bond donors (Lipinski definition) is 1. The normalized spacial score (nSPS) is 15.7. The van der Waals surface area contributed by atoms with Crippen LogP contribution in [0, 0.1) is 0 Å². The molecular formula is C24H27N7O3. The van der Waals surface area contributed by atoms with E-state index >= 15 is 0 Å². The van der Waals surface area contributed by atoms with E-state index in [4.69, 9.17) is 19.7 Å². The van der Waals surface area contributed by atoms with Gasteiger partial charge in [0.1, 0.15) is 5.82 Å². The minimum Gasteiger partial charge on any atom is -0.389 e. The number of carbonyl (C=O) groups is 1. The molecule has 1 N–H and O–H groups in total. The number of hydrogen-bond acceptors (Lipinski definition) is 9. The standard InChI is InChI=1S/C24H27N7O3/c1-16(33)18-5-4-6-19(11-18)22-28-23-21(24(29-22)31-7-9-34-10-8-31)27-20(30(23)3)14-26-13-17(15-32)12-25-2/h4-6,11-13,15-16,33H,2,7-10,14H2,1,3H3/b17-12+,26-13?. The second-order valence-corrected chi connectivity index (χ2v) is 7.93. The van der Waals surface area contributed by atoms with Gasteiger partial charge in [-0.3, -0.25) is 14.8 Å². The summed E-state index contributed by atoms with van der Waals surface area (Å²) in [5.74, 6) is 1.97. The van der Waals surface area contributed by atoms with Gasteiger partial charge in [-0.1, -0.05) is 18.2 Å². The van der Waals surface area contributed by atoms with Crippen LogP contribution in [-0.2, 0) is 23.1 Å². The van der Waals surface area contributed by atoms with Crippen LogP contribution < -0.4 is 4.90 Å². The fourth-order valence-corrected chi connectivity index (χ4v) is 3.73. The number of aliphatic imine (C=N–C) groups is 2. The van der Waals surface area contributed by atoms with Gasteiger partial charge in [-0.15, -0.1) is 0 Å². The Morgan fingerprint density at radius 3 is 2.79 bits per heavy atom. The largest absolute Gasteiger partial charge is 0.389 e. The third-order valence-corrected chi connectivity index (χ3v) is 5.58. The van der Waals surface area contributed by atoms with E-state index in [1.54, 1.807) is 6.92 Å². The number of aromatic nitrogens is 4. The van der Waals surface area contributed by atoms with Gasteiger partial charge in [0, 0.05) is 38.1 Å². The highest BCUT2D eigenvalue weighted by Gasteiger charge is 2.22. The molecule has 3 heterocycles. The van der Waals surface area contributed by atoms with Crippen molar-refractivity contribution in [2.75, 3.05) is 31.2 Å². The number of nitrogens with zero attached hydrogens (tertiary/aromatic N) is 7. The van der Waals surface area contributed by atoms with Crippen LogP contribution in [0.3, 0.4) is 0 Å². The predicted octanol–water partition coefficient (Wildman–Crippen LogP) is 2.27. The highest BCUT2D eigenvalue weighted by Crippen LogP contribution is 2.29. The molecule has 3 aromatic rings. The highest BCUT2D eigenvalue weighted by atomic mass is 16.5. The van der Waals surface area contributed by atoms with Gasteiger partial charge >= 0.3 is 0 Å². The number of anilines is 1. The molecule has 176 valence electrons. The Labute approximate surface area is 197 Å². The summed E-state index contributed by atoms with van der Waals surface area (Å²) in [6.45, 7) is 7.96. The Bertz CT molecular complexity index is 1260. The van der Waals surface area contributed by atoms with Gasteiger partial charge in [0.15, 0.2) is 29.1 Å². The average molecular weight is 462 g/mol. The number of fused-ring (bicyclic) bond motifs is 1. The molecule has 0 spiro atoms. The smallest absolute Gasteiger partial charge is 0.166 e. The Kier molecular flexibility index (Phi) is 7.19. The quantitative estimate of drug-likeness (QED) is 0.311. The molecule has 0 radical (unpaired) electrons. The molecule has 1 atom stereocenters. The van der Waals surface area contributed by atoms with Crippen molar-refractivity contribution in [1.29, 1.82) is 0 Å². The van der Waals surface area contributed by atoms with Gasteiger partial charge in [-0.25, -0.2) is 15.0 Å². The minimum atomic E-state index is -0.592. The van der Waals surface area contributed by atoms with Crippen LogP contribution >= 0.6 is 0 Å². The summed E-state index contributed by atoms with van der Waals surface area (Å²) in [7, 11) is 1.88. The number of aryl methyl sites for hydroxylation is 1. The number of carbonyl (C=O) groups excluding carboxylic acids is 1. The Balaban J connectivity index is 1.80. The van der Waals surface area contributed by atoms with Crippen molar-refractivity contribution in [3.05, 3.63) is 47.4 Å². The summed E-state index contributed by atoms with van der Waals surface area (Å²) < 4.78 is 7.41. The number of ether oxygens (including phenoxy) is 1. The maximum atomic E-state index is 11.1. The van der Waals surface area contributed by atoms with Crippen LogP contribution in [0.1, 0.15) is 24.4 Å².